The van der Waals surface area contributed by atoms with Crippen LogP contribution in [0.4, 0.5) is 9.18 Å². The van der Waals surface area contributed by atoms with Crippen LogP contribution in [-0.4, -0.2) is 44.7 Å². The highest BCUT2D eigenvalue weighted by Crippen LogP contribution is 2.42. The number of aliphatic hydroxyl groups is 1. The molecule has 0 spiro atoms. The Balaban J connectivity index is 1.50. The molecule has 2 aliphatic rings. The number of nitrogens with one attached hydrogen (secondary N) is 1. The van der Waals surface area contributed by atoms with Crippen molar-refractivity contribution in [3.8, 4) is 28.4 Å². The standard InChI is InChI=1S/C33H38FN3O6/c1-18-13-22(34)14-19(2)30(18)43-27-12-7-21(33(4,5)41)15-25(27)26-17-36(6)29(38)16-28(26)42-24-10-8-23(9-11-24)37-31(39)20(3)35-32(37)40/h7,12-17,20,23-24,41H,8-11H2,1-6H3,(H,35,40)/t20-,23?,24?/m1/s1. The number of carbonyl (C=O) groups is 2. The van der Waals surface area contributed by atoms with E-state index in [2.05, 4.69) is 5.32 Å². The zero-order chi connectivity index (χ0) is 31.2. The molecular formula is C33H38FN3O6. The fraction of sp³-hybridized carbons (Fsp3) is 0.424. The molecule has 5 rings (SSSR count). The summed E-state index contributed by atoms with van der Waals surface area (Å²) in [6, 6.07) is 8.50. The summed E-state index contributed by atoms with van der Waals surface area (Å²) in [5.74, 6) is 0.756. The largest absolute Gasteiger partial charge is 0.490 e. The number of imide groups is 1. The number of carbonyl (C=O) groups excluding carboxylic acids is 2. The maximum atomic E-state index is 14.0. The number of aromatic nitrogens is 1. The van der Waals surface area contributed by atoms with E-state index >= 15 is 0 Å². The molecule has 9 nitrogen and oxygen atoms in total. The third kappa shape index (κ3) is 6.15. The van der Waals surface area contributed by atoms with E-state index in [-0.39, 0.29) is 35.5 Å². The minimum absolute atomic E-state index is 0.203. The van der Waals surface area contributed by atoms with Gasteiger partial charge in [-0.3, -0.25) is 14.5 Å². The first-order valence-electron chi connectivity index (χ1n) is 14.6. The van der Waals surface area contributed by atoms with Crippen molar-refractivity contribution in [3.05, 3.63) is 75.5 Å². The summed E-state index contributed by atoms with van der Waals surface area (Å²) in [6.07, 6.45) is 3.78. The van der Waals surface area contributed by atoms with Gasteiger partial charge in [-0.25, -0.2) is 9.18 Å². The van der Waals surface area contributed by atoms with Gasteiger partial charge < -0.3 is 24.5 Å². The molecule has 1 atom stereocenters. The first kappa shape index (κ1) is 30.3. The Labute approximate surface area is 250 Å². The molecule has 2 aromatic carbocycles. The van der Waals surface area contributed by atoms with Crippen molar-refractivity contribution in [2.24, 2.45) is 7.05 Å². The topological polar surface area (TPSA) is 110 Å². The highest BCUT2D eigenvalue weighted by Gasteiger charge is 2.41. The number of hydrogen-bond donors (Lipinski definition) is 2. The van der Waals surface area contributed by atoms with Crippen molar-refractivity contribution in [1.29, 1.82) is 0 Å². The monoisotopic (exact) mass is 591 g/mol. The number of pyridine rings is 1. The molecule has 1 aliphatic carbocycles. The number of benzene rings is 2. The van der Waals surface area contributed by atoms with E-state index in [1.54, 1.807) is 60.0 Å². The summed E-state index contributed by atoms with van der Waals surface area (Å²) in [6.45, 7) is 8.59. The fourth-order valence-electron chi connectivity index (χ4n) is 5.86. The van der Waals surface area contributed by atoms with Gasteiger partial charge in [0.1, 0.15) is 29.1 Å². The van der Waals surface area contributed by atoms with Crippen molar-refractivity contribution < 1.29 is 28.6 Å². The number of halogens is 1. The van der Waals surface area contributed by atoms with Crippen molar-refractivity contribution in [2.45, 2.75) is 84.1 Å². The van der Waals surface area contributed by atoms with Crippen LogP contribution in [0.5, 0.6) is 17.2 Å². The summed E-state index contributed by atoms with van der Waals surface area (Å²) >= 11 is 0. The molecule has 0 unspecified atom stereocenters. The van der Waals surface area contributed by atoms with Gasteiger partial charge in [-0.15, -0.1) is 0 Å². The highest BCUT2D eigenvalue weighted by atomic mass is 19.1. The van der Waals surface area contributed by atoms with Gasteiger partial charge in [-0.05, 0) is 101 Å². The van der Waals surface area contributed by atoms with E-state index in [0.29, 0.717) is 70.7 Å². The molecule has 1 saturated heterocycles. The van der Waals surface area contributed by atoms with Gasteiger partial charge in [0.25, 0.3) is 11.5 Å². The number of nitrogens with zero attached hydrogens (tertiary/aromatic N) is 2. The molecule has 228 valence electrons. The molecule has 2 heterocycles. The van der Waals surface area contributed by atoms with Gasteiger partial charge >= 0.3 is 6.03 Å². The van der Waals surface area contributed by atoms with Crippen molar-refractivity contribution >= 4 is 11.9 Å². The quantitative estimate of drug-likeness (QED) is 0.353. The second kappa shape index (κ2) is 11.5. The van der Waals surface area contributed by atoms with Crippen LogP contribution in [-0.2, 0) is 17.4 Å². The minimum atomic E-state index is -1.16. The van der Waals surface area contributed by atoms with Gasteiger partial charge in [0.2, 0.25) is 0 Å². The Bertz CT molecular complexity index is 1610. The van der Waals surface area contributed by atoms with E-state index in [1.165, 1.54) is 27.7 Å². The van der Waals surface area contributed by atoms with Crippen molar-refractivity contribution in [3.63, 3.8) is 0 Å². The number of urea groups is 1. The zero-order valence-corrected chi connectivity index (χ0v) is 25.4. The molecule has 3 amide bonds. The average molecular weight is 592 g/mol. The van der Waals surface area contributed by atoms with Crippen LogP contribution in [0.2, 0.25) is 0 Å². The summed E-state index contributed by atoms with van der Waals surface area (Å²) < 4.78 is 28.3. The van der Waals surface area contributed by atoms with E-state index < -0.39 is 11.6 Å². The maximum absolute atomic E-state index is 14.0. The van der Waals surface area contributed by atoms with Crippen molar-refractivity contribution in [2.75, 3.05) is 0 Å². The number of hydrogen-bond acceptors (Lipinski definition) is 6. The Kier molecular flexibility index (Phi) is 8.09. The van der Waals surface area contributed by atoms with Crippen LogP contribution < -0.4 is 20.3 Å². The van der Waals surface area contributed by atoms with Gasteiger partial charge in [-0.2, -0.15) is 0 Å². The number of aryl methyl sites for hydroxylation is 3. The molecule has 10 heteroatoms. The van der Waals surface area contributed by atoms with E-state index in [0.717, 1.165) is 0 Å². The minimum Gasteiger partial charge on any atom is -0.490 e. The summed E-state index contributed by atoms with van der Waals surface area (Å²) in [5, 5.41) is 13.5. The molecule has 2 fully saturated rings. The second-order valence-corrected chi connectivity index (χ2v) is 12.2. The van der Waals surface area contributed by atoms with Gasteiger partial charge in [-0.1, -0.05) is 6.07 Å². The maximum Gasteiger partial charge on any atom is 0.325 e. The van der Waals surface area contributed by atoms with E-state index in [4.69, 9.17) is 9.47 Å². The van der Waals surface area contributed by atoms with Crippen LogP contribution in [0.1, 0.15) is 63.1 Å². The molecule has 1 saturated carbocycles. The van der Waals surface area contributed by atoms with Gasteiger partial charge in [0.15, 0.2) is 0 Å². The van der Waals surface area contributed by atoms with Crippen LogP contribution in [0.25, 0.3) is 11.1 Å². The number of ether oxygens (including phenoxy) is 2. The first-order chi connectivity index (χ1) is 20.2. The lowest BCUT2D eigenvalue weighted by molar-refractivity contribution is -0.129. The van der Waals surface area contributed by atoms with E-state index in [1.807, 2.05) is 6.07 Å². The average Bonchev–Trinajstić information content (AvgIpc) is 3.18. The summed E-state index contributed by atoms with van der Waals surface area (Å²) in [4.78, 5) is 39.0. The van der Waals surface area contributed by atoms with E-state index in [9.17, 15) is 23.9 Å². The predicted octanol–water partition coefficient (Wildman–Crippen LogP) is 5.46. The SMILES string of the molecule is Cc1cc(F)cc(C)c1Oc1ccc(C(C)(C)O)cc1-c1cn(C)c(=O)cc1OC1CCC(N2C(=O)N[C@H](C)C2=O)CC1. The third-order valence-electron chi connectivity index (χ3n) is 8.27. The van der Waals surface area contributed by atoms with Crippen LogP contribution >= 0.6 is 0 Å². The molecule has 2 N–H and O–H groups in total. The molecule has 1 aromatic heterocycles. The first-order valence-corrected chi connectivity index (χ1v) is 14.6. The zero-order valence-electron chi connectivity index (χ0n) is 25.4. The predicted molar refractivity (Wildman–Crippen MR) is 160 cm³/mol. The molecule has 3 aromatic rings. The molecular weight excluding hydrogens is 553 g/mol. The normalized spacial score (nSPS) is 20.7. The third-order valence-corrected chi connectivity index (χ3v) is 8.27. The lowest BCUT2D eigenvalue weighted by Gasteiger charge is -2.33. The Morgan fingerprint density at radius 3 is 2.19 bits per heavy atom. The summed E-state index contributed by atoms with van der Waals surface area (Å²) in [7, 11) is 1.65. The Morgan fingerprint density at radius 1 is 0.953 bits per heavy atom. The Morgan fingerprint density at radius 2 is 1.60 bits per heavy atom. The van der Waals surface area contributed by atoms with Gasteiger partial charge in [0, 0.05) is 36.5 Å². The molecule has 0 bridgehead atoms. The smallest absolute Gasteiger partial charge is 0.325 e. The van der Waals surface area contributed by atoms with Crippen molar-refractivity contribution in [1.82, 2.24) is 14.8 Å². The molecule has 43 heavy (non-hydrogen) atoms. The van der Waals surface area contributed by atoms with Gasteiger partial charge in [0.05, 0.1) is 11.7 Å². The number of amides is 3. The fourth-order valence-corrected chi connectivity index (χ4v) is 5.86. The molecule has 1 aliphatic heterocycles. The van der Waals surface area contributed by atoms with Crippen LogP contribution in [0.15, 0.2) is 47.4 Å². The van der Waals surface area contributed by atoms with Crippen LogP contribution in [0, 0.1) is 19.7 Å². The lowest BCUT2D eigenvalue weighted by atomic mass is 9.91. The second-order valence-electron chi connectivity index (χ2n) is 12.2. The summed E-state index contributed by atoms with van der Waals surface area (Å²) in [5.41, 5.74) is 1.65. The van der Waals surface area contributed by atoms with Crippen LogP contribution in [0.3, 0.4) is 0 Å². The molecule has 0 radical (unpaired) electrons. The lowest BCUT2D eigenvalue weighted by Crippen LogP contribution is -2.44. The highest BCUT2D eigenvalue weighted by molar-refractivity contribution is 6.04. The number of rotatable bonds is 7. The Hall–Kier alpha value is -4.18.